The van der Waals surface area contributed by atoms with Gasteiger partial charge < -0.3 is 4.74 Å². The van der Waals surface area contributed by atoms with Crippen LogP contribution in [0.5, 0.6) is 0 Å². The van der Waals surface area contributed by atoms with Crippen molar-refractivity contribution < 1.29 is 9.53 Å². The number of hydrogen-bond donors (Lipinski definition) is 0. The fraction of sp³-hybridized carbons (Fsp3) is 0.900. The van der Waals surface area contributed by atoms with Crippen molar-refractivity contribution in [2.45, 2.75) is 32.6 Å². The Morgan fingerprint density at radius 3 is 2.75 bits per heavy atom. The number of ether oxygens (including phenoxy) is 1. The van der Waals surface area contributed by atoms with Crippen LogP contribution >= 0.6 is 0 Å². The van der Waals surface area contributed by atoms with E-state index >= 15 is 0 Å². The summed E-state index contributed by atoms with van der Waals surface area (Å²) in [7, 11) is 1.70. The van der Waals surface area contributed by atoms with Crippen LogP contribution in [0.2, 0.25) is 0 Å². The Hall–Kier alpha value is -0.370. The Bertz CT molecular complexity index is 150. The monoisotopic (exact) mass is 170 g/mol. The Kier molecular flexibility index (Phi) is 3.73. The molecule has 12 heavy (non-hydrogen) atoms. The van der Waals surface area contributed by atoms with Crippen molar-refractivity contribution in [3.63, 3.8) is 0 Å². The van der Waals surface area contributed by atoms with E-state index < -0.39 is 0 Å². The van der Waals surface area contributed by atoms with Crippen LogP contribution in [0.3, 0.4) is 0 Å². The number of methoxy groups -OCH3 is 1. The molecule has 1 unspecified atom stereocenters. The summed E-state index contributed by atoms with van der Waals surface area (Å²) >= 11 is 0. The predicted octanol–water partition coefficient (Wildman–Crippen LogP) is 2.03. The van der Waals surface area contributed by atoms with Crippen molar-refractivity contribution in [1.29, 1.82) is 0 Å². The lowest BCUT2D eigenvalue weighted by Gasteiger charge is -2.08. The van der Waals surface area contributed by atoms with Crippen molar-refractivity contribution in [2.75, 3.05) is 13.7 Å². The van der Waals surface area contributed by atoms with E-state index in [0.29, 0.717) is 17.6 Å². The molecule has 1 saturated carbocycles. The first-order chi connectivity index (χ1) is 5.74. The number of ketones is 1. The van der Waals surface area contributed by atoms with Gasteiger partial charge in [0.25, 0.3) is 0 Å². The van der Waals surface area contributed by atoms with Gasteiger partial charge in [-0.15, -0.1) is 0 Å². The highest BCUT2D eigenvalue weighted by atomic mass is 16.5. The maximum atomic E-state index is 11.3. The van der Waals surface area contributed by atoms with Crippen LogP contribution in [0, 0.1) is 11.8 Å². The molecule has 0 saturated heterocycles. The van der Waals surface area contributed by atoms with Crippen LogP contribution in [0.25, 0.3) is 0 Å². The number of hydrogen-bond acceptors (Lipinski definition) is 2. The number of carbonyl (C=O) groups is 1. The van der Waals surface area contributed by atoms with Gasteiger partial charge in [-0.1, -0.05) is 6.92 Å². The van der Waals surface area contributed by atoms with E-state index in [2.05, 4.69) is 6.92 Å². The molecule has 1 fully saturated rings. The quantitative estimate of drug-likeness (QED) is 0.609. The van der Waals surface area contributed by atoms with Gasteiger partial charge in [-0.2, -0.15) is 0 Å². The Balaban J connectivity index is 2.07. The summed E-state index contributed by atoms with van der Waals surface area (Å²) in [5.74, 6) is 1.40. The highest BCUT2D eigenvalue weighted by molar-refractivity contribution is 5.83. The Morgan fingerprint density at radius 2 is 2.25 bits per heavy atom. The van der Waals surface area contributed by atoms with Gasteiger partial charge in [0.1, 0.15) is 5.78 Å². The third kappa shape index (κ3) is 3.35. The molecular weight excluding hydrogens is 152 g/mol. The average Bonchev–Trinajstić information content (AvgIpc) is 2.82. The molecule has 0 heterocycles. The third-order valence-corrected chi connectivity index (χ3v) is 2.40. The van der Waals surface area contributed by atoms with Crippen LogP contribution in [-0.2, 0) is 9.53 Å². The summed E-state index contributed by atoms with van der Waals surface area (Å²) in [5.41, 5.74) is 0. The molecule has 1 atom stereocenters. The van der Waals surface area contributed by atoms with Gasteiger partial charge in [-0.25, -0.2) is 0 Å². The molecule has 0 N–H and O–H groups in total. The molecule has 1 rings (SSSR count). The average molecular weight is 170 g/mol. The molecule has 0 aliphatic heterocycles. The molecule has 1 aliphatic rings. The third-order valence-electron chi connectivity index (χ3n) is 2.40. The Labute approximate surface area is 74.3 Å². The van der Waals surface area contributed by atoms with Gasteiger partial charge in [-0.3, -0.25) is 4.79 Å². The normalized spacial score (nSPS) is 19.2. The summed E-state index contributed by atoms with van der Waals surface area (Å²) in [4.78, 5) is 11.3. The van der Waals surface area contributed by atoms with E-state index in [1.165, 1.54) is 0 Å². The molecule has 2 heteroatoms. The molecule has 70 valence electrons. The fourth-order valence-electron chi connectivity index (χ4n) is 1.34. The predicted molar refractivity (Wildman–Crippen MR) is 48.0 cm³/mol. The summed E-state index contributed by atoms with van der Waals surface area (Å²) in [6.07, 6.45) is 4.04. The van der Waals surface area contributed by atoms with Crippen molar-refractivity contribution in [1.82, 2.24) is 0 Å². The van der Waals surface area contributed by atoms with E-state index in [9.17, 15) is 4.79 Å². The molecular formula is C10H18O2. The first-order valence-corrected chi connectivity index (χ1v) is 4.75. The van der Waals surface area contributed by atoms with Gasteiger partial charge in [0.2, 0.25) is 0 Å². The Morgan fingerprint density at radius 1 is 1.58 bits per heavy atom. The minimum absolute atomic E-state index is 0.426. The first-order valence-electron chi connectivity index (χ1n) is 4.75. The fourth-order valence-corrected chi connectivity index (χ4v) is 1.34. The summed E-state index contributed by atoms with van der Waals surface area (Å²) in [6, 6.07) is 0. The zero-order valence-corrected chi connectivity index (χ0v) is 8.01. The molecule has 1 aliphatic carbocycles. The van der Waals surface area contributed by atoms with Crippen molar-refractivity contribution in [2.24, 2.45) is 11.8 Å². The maximum absolute atomic E-state index is 11.3. The first kappa shape index (κ1) is 9.72. The lowest BCUT2D eigenvalue weighted by molar-refractivity contribution is -0.121. The SMILES string of the molecule is COCCC(C)CC(=O)C1CC1. The van der Waals surface area contributed by atoms with Crippen LogP contribution in [0.1, 0.15) is 32.6 Å². The van der Waals surface area contributed by atoms with Crippen LogP contribution in [-0.4, -0.2) is 19.5 Å². The molecule has 0 aromatic heterocycles. The smallest absolute Gasteiger partial charge is 0.136 e. The zero-order chi connectivity index (χ0) is 8.97. The molecule has 0 amide bonds. The van der Waals surface area contributed by atoms with Gasteiger partial charge in [-0.05, 0) is 25.2 Å². The van der Waals surface area contributed by atoms with Crippen molar-refractivity contribution in [3.05, 3.63) is 0 Å². The highest BCUT2D eigenvalue weighted by Crippen LogP contribution is 2.32. The van der Waals surface area contributed by atoms with Crippen LogP contribution < -0.4 is 0 Å². The summed E-state index contributed by atoms with van der Waals surface area (Å²) < 4.78 is 4.96. The highest BCUT2D eigenvalue weighted by Gasteiger charge is 2.29. The standard InChI is InChI=1S/C10H18O2/c1-8(5-6-12-2)7-10(11)9-3-4-9/h8-9H,3-7H2,1-2H3. The molecule has 0 spiro atoms. The zero-order valence-electron chi connectivity index (χ0n) is 8.01. The van der Waals surface area contributed by atoms with Gasteiger partial charge in [0, 0.05) is 26.1 Å². The maximum Gasteiger partial charge on any atom is 0.136 e. The molecule has 2 nitrogen and oxygen atoms in total. The molecule has 0 bridgehead atoms. The van der Waals surface area contributed by atoms with Gasteiger partial charge >= 0.3 is 0 Å². The second kappa shape index (κ2) is 4.61. The lowest BCUT2D eigenvalue weighted by Crippen LogP contribution is -2.09. The molecule has 0 radical (unpaired) electrons. The largest absolute Gasteiger partial charge is 0.385 e. The van der Waals surface area contributed by atoms with Gasteiger partial charge in [0.05, 0.1) is 0 Å². The summed E-state index contributed by atoms with van der Waals surface area (Å²) in [5, 5.41) is 0. The van der Waals surface area contributed by atoms with E-state index in [4.69, 9.17) is 4.74 Å². The minimum Gasteiger partial charge on any atom is -0.385 e. The molecule has 0 aromatic carbocycles. The second-order valence-electron chi connectivity index (χ2n) is 3.83. The van der Waals surface area contributed by atoms with Crippen LogP contribution in [0.4, 0.5) is 0 Å². The van der Waals surface area contributed by atoms with Crippen LogP contribution in [0.15, 0.2) is 0 Å². The number of rotatable bonds is 6. The number of Topliss-reactive ketones (excluding diaryl/α,β-unsaturated/α-hetero) is 1. The molecule has 0 aromatic rings. The van der Waals surface area contributed by atoms with Gasteiger partial charge in [0.15, 0.2) is 0 Å². The van der Waals surface area contributed by atoms with E-state index in [0.717, 1.165) is 32.3 Å². The topological polar surface area (TPSA) is 26.3 Å². The van der Waals surface area contributed by atoms with Crippen molar-refractivity contribution in [3.8, 4) is 0 Å². The van der Waals surface area contributed by atoms with Crippen molar-refractivity contribution >= 4 is 5.78 Å². The number of carbonyl (C=O) groups excluding carboxylic acids is 1. The summed E-state index contributed by atoms with van der Waals surface area (Å²) in [6.45, 7) is 2.90. The lowest BCUT2D eigenvalue weighted by atomic mass is 9.99. The van der Waals surface area contributed by atoms with E-state index in [1.54, 1.807) is 7.11 Å². The second-order valence-corrected chi connectivity index (χ2v) is 3.83. The minimum atomic E-state index is 0.426. The van der Waals surface area contributed by atoms with E-state index in [-0.39, 0.29) is 0 Å². The van der Waals surface area contributed by atoms with E-state index in [1.807, 2.05) is 0 Å².